The van der Waals surface area contributed by atoms with E-state index in [0.717, 1.165) is 0 Å². The number of carbonyl (C=O) groups is 1. The van der Waals surface area contributed by atoms with Crippen LogP contribution in [0.25, 0.3) is 11.0 Å². The van der Waals surface area contributed by atoms with Crippen molar-refractivity contribution < 1.29 is 22.7 Å². The van der Waals surface area contributed by atoms with E-state index in [1.54, 1.807) is 12.1 Å². The van der Waals surface area contributed by atoms with E-state index < -0.39 is 12.0 Å². The molecule has 1 aromatic heterocycles. The van der Waals surface area contributed by atoms with E-state index in [2.05, 4.69) is 4.74 Å². The summed E-state index contributed by atoms with van der Waals surface area (Å²) in [5.74, 6) is 0.0346. The third-order valence-electron chi connectivity index (χ3n) is 3.05. The fraction of sp³-hybridized carbons (Fsp3) is 0.400. The van der Waals surface area contributed by atoms with Crippen molar-refractivity contribution in [2.24, 2.45) is 5.41 Å². The Hall–Kier alpha value is -1.91. The topological polar surface area (TPSA) is 39.4 Å². The molecule has 0 spiro atoms. The van der Waals surface area contributed by atoms with Gasteiger partial charge in [-0.3, -0.25) is 4.79 Å². The number of halogens is 2. The van der Waals surface area contributed by atoms with Crippen LogP contribution in [0.5, 0.6) is 5.75 Å². The number of furan rings is 1. The molecule has 0 atom stereocenters. The van der Waals surface area contributed by atoms with Gasteiger partial charge in [0, 0.05) is 22.8 Å². The SMILES string of the molecule is CC(C)(C)C(=O)Cc1coc2c(OC(F)F)cccc12. The molecule has 0 saturated carbocycles. The number of ether oxygens (including phenoxy) is 1. The van der Waals surface area contributed by atoms with Gasteiger partial charge in [0.2, 0.25) is 0 Å². The molecule has 2 aromatic rings. The minimum absolute atomic E-state index is 0.0213. The lowest BCUT2D eigenvalue weighted by Gasteiger charge is -2.15. The molecule has 0 aliphatic carbocycles. The number of ketones is 1. The lowest BCUT2D eigenvalue weighted by atomic mass is 9.87. The number of benzene rings is 1. The fourth-order valence-corrected chi connectivity index (χ4v) is 1.85. The maximum Gasteiger partial charge on any atom is 0.387 e. The average Bonchev–Trinajstić information content (AvgIpc) is 2.72. The van der Waals surface area contributed by atoms with Gasteiger partial charge in [-0.2, -0.15) is 8.78 Å². The number of fused-ring (bicyclic) bond motifs is 1. The molecule has 0 saturated heterocycles. The Morgan fingerprint density at radius 2 is 2.05 bits per heavy atom. The molecule has 0 aliphatic rings. The Morgan fingerprint density at radius 3 is 2.65 bits per heavy atom. The largest absolute Gasteiger partial charge is 0.460 e. The van der Waals surface area contributed by atoms with Crippen LogP contribution in [0.15, 0.2) is 28.9 Å². The number of hydrogen-bond donors (Lipinski definition) is 0. The minimum atomic E-state index is -2.91. The van der Waals surface area contributed by atoms with Crippen molar-refractivity contribution in [3.05, 3.63) is 30.0 Å². The monoisotopic (exact) mass is 282 g/mol. The molecule has 2 rings (SSSR count). The van der Waals surface area contributed by atoms with E-state index in [0.29, 0.717) is 10.9 Å². The van der Waals surface area contributed by atoms with Crippen LogP contribution >= 0.6 is 0 Å². The maximum atomic E-state index is 12.3. The first-order chi connectivity index (χ1) is 9.29. The minimum Gasteiger partial charge on any atom is -0.460 e. The number of Topliss-reactive ketones (excluding diaryl/α,β-unsaturated/α-hetero) is 1. The number of alkyl halides is 2. The van der Waals surface area contributed by atoms with E-state index in [1.165, 1.54) is 12.3 Å². The summed E-state index contributed by atoms with van der Waals surface area (Å²) < 4.78 is 34.3. The van der Waals surface area contributed by atoms with E-state index in [4.69, 9.17) is 4.42 Å². The first-order valence-electron chi connectivity index (χ1n) is 6.26. The average molecular weight is 282 g/mol. The third kappa shape index (κ3) is 2.98. The second-order valence-corrected chi connectivity index (χ2v) is 5.62. The van der Waals surface area contributed by atoms with Crippen LogP contribution in [0.1, 0.15) is 26.3 Å². The van der Waals surface area contributed by atoms with Crippen LogP contribution in [0, 0.1) is 5.41 Å². The Bertz CT molecular complexity index is 624. The first kappa shape index (κ1) is 14.5. The molecule has 0 N–H and O–H groups in total. The van der Waals surface area contributed by atoms with Gasteiger partial charge in [0.1, 0.15) is 5.78 Å². The zero-order valence-electron chi connectivity index (χ0n) is 11.6. The number of carbonyl (C=O) groups excluding carboxylic acids is 1. The van der Waals surface area contributed by atoms with Crippen molar-refractivity contribution >= 4 is 16.8 Å². The van der Waals surface area contributed by atoms with Crippen LogP contribution < -0.4 is 4.74 Å². The van der Waals surface area contributed by atoms with E-state index in [9.17, 15) is 13.6 Å². The summed E-state index contributed by atoms with van der Waals surface area (Å²) in [4.78, 5) is 12.0. The predicted molar refractivity (Wildman–Crippen MR) is 71.0 cm³/mol. The molecule has 0 amide bonds. The van der Waals surface area contributed by atoms with Gasteiger partial charge in [-0.15, -0.1) is 0 Å². The van der Waals surface area contributed by atoms with Gasteiger partial charge in [-0.05, 0) is 6.07 Å². The smallest absolute Gasteiger partial charge is 0.387 e. The van der Waals surface area contributed by atoms with Gasteiger partial charge in [0.05, 0.1) is 6.26 Å². The molecular formula is C15H16F2O3. The molecule has 1 aromatic carbocycles. The normalized spacial score (nSPS) is 12.1. The quantitative estimate of drug-likeness (QED) is 0.844. The Balaban J connectivity index is 2.36. The second-order valence-electron chi connectivity index (χ2n) is 5.62. The van der Waals surface area contributed by atoms with Crippen molar-refractivity contribution in [3.8, 4) is 5.75 Å². The highest BCUT2D eigenvalue weighted by molar-refractivity contribution is 5.92. The number of rotatable bonds is 4. The summed E-state index contributed by atoms with van der Waals surface area (Å²) in [6.07, 6.45) is 1.63. The zero-order valence-corrected chi connectivity index (χ0v) is 11.6. The van der Waals surface area contributed by atoms with Crippen molar-refractivity contribution in [2.75, 3.05) is 0 Å². The summed E-state index contributed by atoms with van der Waals surface area (Å²) in [5.41, 5.74) is 0.463. The zero-order chi connectivity index (χ0) is 14.9. The highest BCUT2D eigenvalue weighted by Crippen LogP contribution is 2.32. The van der Waals surface area contributed by atoms with E-state index >= 15 is 0 Å². The van der Waals surface area contributed by atoms with Gasteiger partial charge in [-0.25, -0.2) is 0 Å². The van der Waals surface area contributed by atoms with Crippen molar-refractivity contribution in [1.82, 2.24) is 0 Å². The van der Waals surface area contributed by atoms with Gasteiger partial charge in [-0.1, -0.05) is 32.9 Å². The lowest BCUT2D eigenvalue weighted by molar-refractivity contribution is -0.125. The Morgan fingerprint density at radius 1 is 1.35 bits per heavy atom. The van der Waals surface area contributed by atoms with Gasteiger partial charge in [0.15, 0.2) is 11.3 Å². The molecule has 3 nitrogen and oxygen atoms in total. The molecule has 0 aliphatic heterocycles. The Labute approximate surface area is 115 Å². The van der Waals surface area contributed by atoms with Crippen molar-refractivity contribution in [3.63, 3.8) is 0 Å². The van der Waals surface area contributed by atoms with Crippen LogP contribution in [-0.4, -0.2) is 12.4 Å². The van der Waals surface area contributed by atoms with Crippen molar-refractivity contribution in [1.29, 1.82) is 0 Å². The van der Waals surface area contributed by atoms with Crippen LogP contribution in [0.4, 0.5) is 8.78 Å². The number of hydrogen-bond acceptors (Lipinski definition) is 3. The number of para-hydroxylation sites is 1. The van der Waals surface area contributed by atoms with E-state index in [1.807, 2.05) is 20.8 Å². The van der Waals surface area contributed by atoms with Crippen molar-refractivity contribution in [2.45, 2.75) is 33.8 Å². The van der Waals surface area contributed by atoms with Crippen LogP contribution in [0.3, 0.4) is 0 Å². The lowest BCUT2D eigenvalue weighted by Crippen LogP contribution is -2.21. The molecule has 1 heterocycles. The van der Waals surface area contributed by atoms with Gasteiger partial charge >= 0.3 is 6.61 Å². The molecular weight excluding hydrogens is 266 g/mol. The molecule has 0 unspecified atom stereocenters. The maximum absolute atomic E-state index is 12.3. The fourth-order valence-electron chi connectivity index (χ4n) is 1.85. The second kappa shape index (κ2) is 5.23. The summed E-state index contributed by atoms with van der Waals surface area (Å²) in [6.45, 7) is 2.60. The molecule has 0 bridgehead atoms. The summed E-state index contributed by atoms with van der Waals surface area (Å²) in [6, 6.07) is 4.73. The highest BCUT2D eigenvalue weighted by atomic mass is 19.3. The third-order valence-corrected chi connectivity index (χ3v) is 3.05. The summed E-state index contributed by atoms with van der Waals surface area (Å²) in [5, 5.41) is 0.626. The standard InChI is InChI=1S/C15H16F2O3/c1-15(2,3)12(18)7-9-8-19-13-10(9)5-4-6-11(13)20-14(16)17/h4-6,8,14H,7H2,1-3H3. The highest BCUT2D eigenvalue weighted by Gasteiger charge is 2.23. The Kier molecular flexibility index (Phi) is 3.79. The van der Waals surface area contributed by atoms with E-state index in [-0.39, 0.29) is 23.5 Å². The van der Waals surface area contributed by atoms with Gasteiger partial charge < -0.3 is 9.15 Å². The van der Waals surface area contributed by atoms with Gasteiger partial charge in [0.25, 0.3) is 0 Å². The molecule has 108 valence electrons. The molecule has 0 radical (unpaired) electrons. The molecule has 0 fully saturated rings. The molecule has 20 heavy (non-hydrogen) atoms. The van der Waals surface area contributed by atoms with Crippen LogP contribution in [0.2, 0.25) is 0 Å². The summed E-state index contributed by atoms with van der Waals surface area (Å²) >= 11 is 0. The summed E-state index contributed by atoms with van der Waals surface area (Å²) in [7, 11) is 0. The van der Waals surface area contributed by atoms with Crippen LogP contribution in [-0.2, 0) is 11.2 Å². The molecule has 5 heteroatoms. The first-order valence-corrected chi connectivity index (χ1v) is 6.26. The predicted octanol–water partition coefficient (Wildman–Crippen LogP) is 4.19.